The third-order valence-corrected chi connectivity index (χ3v) is 2.54. The maximum absolute atomic E-state index is 5.28. The lowest BCUT2D eigenvalue weighted by Gasteiger charge is -2.27. The van der Waals surface area contributed by atoms with Crippen molar-refractivity contribution >= 4 is 5.69 Å². The minimum atomic E-state index is 0.0684. The Balaban J connectivity index is 2.88. The van der Waals surface area contributed by atoms with E-state index in [0.717, 1.165) is 24.2 Å². The van der Waals surface area contributed by atoms with Gasteiger partial charge in [0.25, 0.3) is 0 Å². The van der Waals surface area contributed by atoms with E-state index in [1.807, 2.05) is 19.1 Å². The number of aromatic nitrogens is 1. The number of aryl methyl sites for hydroxylation is 1. The van der Waals surface area contributed by atoms with Gasteiger partial charge in [-0.25, -0.2) is 4.98 Å². The Hall–Kier alpha value is -1.25. The standard InChI is InChI=1S/C13H22N2O/c1-6-9-13(3,4)15-11-8-7-10(2)14-12(11)16-5/h7-8,15H,6,9H2,1-5H3. The second-order valence-electron chi connectivity index (χ2n) is 4.77. The Morgan fingerprint density at radius 1 is 1.38 bits per heavy atom. The first kappa shape index (κ1) is 12.8. The van der Waals surface area contributed by atoms with Gasteiger partial charge in [-0.1, -0.05) is 13.3 Å². The van der Waals surface area contributed by atoms with Gasteiger partial charge in [0.15, 0.2) is 0 Å². The molecule has 1 aromatic rings. The molecule has 0 aromatic carbocycles. The molecule has 0 fully saturated rings. The summed E-state index contributed by atoms with van der Waals surface area (Å²) in [5.41, 5.74) is 2.00. The lowest BCUT2D eigenvalue weighted by Crippen LogP contribution is -2.30. The van der Waals surface area contributed by atoms with Crippen molar-refractivity contribution in [2.45, 2.75) is 46.1 Å². The second kappa shape index (κ2) is 5.19. The fraction of sp³-hybridized carbons (Fsp3) is 0.615. The molecule has 0 atom stereocenters. The highest BCUT2D eigenvalue weighted by atomic mass is 16.5. The smallest absolute Gasteiger partial charge is 0.237 e. The first-order valence-corrected chi connectivity index (χ1v) is 5.78. The zero-order valence-corrected chi connectivity index (χ0v) is 10.9. The van der Waals surface area contributed by atoms with Crippen LogP contribution in [0.1, 0.15) is 39.3 Å². The summed E-state index contributed by atoms with van der Waals surface area (Å²) in [5, 5.41) is 3.48. The van der Waals surface area contributed by atoms with Gasteiger partial charge >= 0.3 is 0 Å². The number of pyridine rings is 1. The van der Waals surface area contributed by atoms with Gasteiger partial charge in [0.2, 0.25) is 5.88 Å². The molecule has 0 amide bonds. The Morgan fingerprint density at radius 2 is 2.06 bits per heavy atom. The third kappa shape index (κ3) is 3.40. The summed E-state index contributed by atoms with van der Waals surface area (Å²) in [6.07, 6.45) is 2.27. The van der Waals surface area contributed by atoms with Crippen LogP contribution in [0.25, 0.3) is 0 Å². The molecule has 3 heteroatoms. The summed E-state index contributed by atoms with van der Waals surface area (Å²) >= 11 is 0. The number of anilines is 1. The van der Waals surface area contributed by atoms with E-state index in [-0.39, 0.29) is 5.54 Å². The number of rotatable bonds is 5. The van der Waals surface area contributed by atoms with Crippen LogP contribution in [0.15, 0.2) is 12.1 Å². The summed E-state index contributed by atoms with van der Waals surface area (Å²) in [6, 6.07) is 4.02. The van der Waals surface area contributed by atoms with Gasteiger partial charge in [-0.2, -0.15) is 0 Å². The molecule has 0 aliphatic carbocycles. The van der Waals surface area contributed by atoms with Crippen molar-refractivity contribution in [2.75, 3.05) is 12.4 Å². The van der Waals surface area contributed by atoms with Gasteiger partial charge in [-0.3, -0.25) is 0 Å². The first-order chi connectivity index (χ1) is 7.48. The van der Waals surface area contributed by atoms with Crippen LogP contribution in [-0.4, -0.2) is 17.6 Å². The van der Waals surface area contributed by atoms with Gasteiger partial charge in [-0.15, -0.1) is 0 Å². The number of methoxy groups -OCH3 is 1. The van der Waals surface area contributed by atoms with Crippen LogP contribution >= 0.6 is 0 Å². The van der Waals surface area contributed by atoms with E-state index >= 15 is 0 Å². The van der Waals surface area contributed by atoms with Crippen LogP contribution in [-0.2, 0) is 0 Å². The van der Waals surface area contributed by atoms with Crippen molar-refractivity contribution in [3.63, 3.8) is 0 Å². The first-order valence-electron chi connectivity index (χ1n) is 5.78. The number of nitrogens with zero attached hydrogens (tertiary/aromatic N) is 1. The van der Waals surface area contributed by atoms with Crippen molar-refractivity contribution in [1.82, 2.24) is 4.98 Å². The normalized spacial score (nSPS) is 11.3. The van der Waals surface area contributed by atoms with Crippen molar-refractivity contribution in [2.24, 2.45) is 0 Å². The molecule has 0 aliphatic rings. The van der Waals surface area contributed by atoms with Gasteiger partial charge in [0.05, 0.1) is 12.8 Å². The lowest BCUT2D eigenvalue weighted by molar-refractivity contribution is 0.396. The highest BCUT2D eigenvalue weighted by Crippen LogP contribution is 2.26. The molecule has 0 saturated heterocycles. The number of hydrogen-bond donors (Lipinski definition) is 1. The molecule has 1 heterocycles. The predicted molar refractivity (Wildman–Crippen MR) is 68.1 cm³/mol. The number of hydrogen-bond acceptors (Lipinski definition) is 3. The summed E-state index contributed by atoms with van der Waals surface area (Å²) in [5.74, 6) is 0.671. The maximum atomic E-state index is 5.28. The maximum Gasteiger partial charge on any atom is 0.237 e. The topological polar surface area (TPSA) is 34.2 Å². The van der Waals surface area contributed by atoms with E-state index in [4.69, 9.17) is 4.74 Å². The molecule has 0 spiro atoms. The van der Waals surface area contributed by atoms with E-state index < -0.39 is 0 Å². The van der Waals surface area contributed by atoms with E-state index in [2.05, 4.69) is 31.1 Å². The molecule has 90 valence electrons. The quantitative estimate of drug-likeness (QED) is 0.829. The van der Waals surface area contributed by atoms with Crippen molar-refractivity contribution < 1.29 is 4.74 Å². The van der Waals surface area contributed by atoms with E-state index in [1.54, 1.807) is 7.11 Å². The van der Waals surface area contributed by atoms with Crippen LogP contribution in [0.5, 0.6) is 5.88 Å². The average molecular weight is 222 g/mol. The molecule has 1 rings (SSSR count). The van der Waals surface area contributed by atoms with Crippen molar-refractivity contribution in [3.8, 4) is 5.88 Å². The minimum absolute atomic E-state index is 0.0684. The fourth-order valence-corrected chi connectivity index (χ4v) is 1.84. The van der Waals surface area contributed by atoms with E-state index in [9.17, 15) is 0 Å². The molecule has 0 radical (unpaired) electrons. The van der Waals surface area contributed by atoms with Gasteiger partial charge in [0.1, 0.15) is 0 Å². The average Bonchev–Trinajstić information content (AvgIpc) is 2.20. The monoisotopic (exact) mass is 222 g/mol. The molecular weight excluding hydrogens is 200 g/mol. The summed E-state index contributed by atoms with van der Waals surface area (Å²) < 4.78 is 5.28. The minimum Gasteiger partial charge on any atom is -0.480 e. The highest BCUT2D eigenvalue weighted by Gasteiger charge is 2.18. The van der Waals surface area contributed by atoms with E-state index in [1.165, 1.54) is 0 Å². The molecule has 3 nitrogen and oxygen atoms in total. The highest BCUT2D eigenvalue weighted by molar-refractivity contribution is 5.54. The summed E-state index contributed by atoms with van der Waals surface area (Å²) in [4.78, 5) is 4.35. The lowest BCUT2D eigenvalue weighted by atomic mass is 9.98. The molecule has 1 aromatic heterocycles. The molecule has 16 heavy (non-hydrogen) atoms. The Labute approximate surface area is 98.2 Å². The predicted octanol–water partition coefficient (Wildman–Crippen LogP) is 3.39. The molecule has 0 aliphatic heterocycles. The van der Waals surface area contributed by atoms with E-state index in [0.29, 0.717) is 5.88 Å². The van der Waals surface area contributed by atoms with Crippen LogP contribution < -0.4 is 10.1 Å². The fourth-order valence-electron chi connectivity index (χ4n) is 1.84. The largest absolute Gasteiger partial charge is 0.480 e. The third-order valence-electron chi connectivity index (χ3n) is 2.54. The van der Waals surface area contributed by atoms with Crippen molar-refractivity contribution in [3.05, 3.63) is 17.8 Å². The molecule has 1 N–H and O–H groups in total. The molecular formula is C13H22N2O. The SMILES string of the molecule is CCCC(C)(C)Nc1ccc(C)nc1OC. The van der Waals surface area contributed by atoms with Crippen LogP contribution in [0.4, 0.5) is 5.69 Å². The van der Waals surface area contributed by atoms with Crippen molar-refractivity contribution in [1.29, 1.82) is 0 Å². The van der Waals surface area contributed by atoms with Gasteiger partial charge in [0, 0.05) is 11.2 Å². The van der Waals surface area contributed by atoms with Crippen LogP contribution in [0.3, 0.4) is 0 Å². The number of nitrogens with one attached hydrogen (secondary N) is 1. The van der Waals surface area contributed by atoms with Gasteiger partial charge in [-0.05, 0) is 39.3 Å². The summed E-state index contributed by atoms with van der Waals surface area (Å²) in [7, 11) is 1.65. The van der Waals surface area contributed by atoms with Crippen LogP contribution in [0.2, 0.25) is 0 Å². The zero-order valence-electron chi connectivity index (χ0n) is 10.9. The Kier molecular flexibility index (Phi) is 4.16. The Bertz CT molecular complexity index is 348. The Morgan fingerprint density at radius 3 is 2.62 bits per heavy atom. The summed E-state index contributed by atoms with van der Waals surface area (Å²) in [6.45, 7) is 8.53. The zero-order chi connectivity index (χ0) is 12.2. The molecule has 0 unspecified atom stereocenters. The van der Waals surface area contributed by atoms with Gasteiger partial charge < -0.3 is 10.1 Å². The molecule has 0 saturated carbocycles. The second-order valence-corrected chi connectivity index (χ2v) is 4.77. The van der Waals surface area contributed by atoms with Crippen LogP contribution in [0, 0.1) is 6.92 Å². The number of ether oxygens (including phenoxy) is 1. The molecule has 0 bridgehead atoms.